The van der Waals surface area contributed by atoms with Gasteiger partial charge in [0.1, 0.15) is 6.61 Å². The summed E-state index contributed by atoms with van der Waals surface area (Å²) in [5.74, 6) is 0.957. The Morgan fingerprint density at radius 3 is 2.67 bits per heavy atom. The van der Waals surface area contributed by atoms with Gasteiger partial charge >= 0.3 is 0 Å². The number of nitrogens with zero attached hydrogens (tertiary/aromatic N) is 1. The minimum atomic E-state index is -0.140. The third kappa shape index (κ3) is 4.72. The number of methoxy groups -OCH3 is 1. The van der Waals surface area contributed by atoms with Crippen molar-refractivity contribution >= 4 is 33.2 Å². The van der Waals surface area contributed by atoms with E-state index in [-0.39, 0.29) is 12.5 Å². The fourth-order valence-corrected chi connectivity index (χ4v) is 3.60. The lowest BCUT2D eigenvalue weighted by molar-refractivity contribution is 0.0731. The summed E-state index contributed by atoms with van der Waals surface area (Å²) in [7, 11) is 1.55. The number of rotatable bonds is 8. The lowest BCUT2D eigenvalue weighted by atomic mass is 10.1. The molecule has 7 heteroatoms. The summed E-state index contributed by atoms with van der Waals surface area (Å²) in [5.41, 5.74) is 0.508. The summed E-state index contributed by atoms with van der Waals surface area (Å²) in [6.45, 7) is 3.09. The number of carbonyl (C=O) groups is 1. The zero-order chi connectivity index (χ0) is 17.5. The van der Waals surface area contributed by atoms with Gasteiger partial charge in [0.2, 0.25) is 0 Å². The Balaban J connectivity index is 2.13. The first kappa shape index (κ1) is 18.8. The Morgan fingerprint density at radius 1 is 1.29 bits per heavy atom. The molecule has 24 heavy (non-hydrogen) atoms. The molecule has 0 bridgehead atoms. The van der Waals surface area contributed by atoms with Crippen molar-refractivity contribution in [2.45, 2.75) is 13.5 Å². The number of thiophene rings is 1. The Kier molecular flexibility index (Phi) is 7.08. The zero-order valence-corrected chi connectivity index (χ0v) is 16.0. The Hall–Kier alpha value is -1.57. The molecule has 130 valence electrons. The molecule has 0 unspecified atom stereocenters. The molecule has 1 amide bonds. The molecule has 0 aliphatic carbocycles. The molecule has 0 saturated heterocycles. The quantitative estimate of drug-likeness (QED) is 0.718. The van der Waals surface area contributed by atoms with Crippen LogP contribution in [0.15, 0.2) is 34.1 Å². The molecule has 1 aromatic carbocycles. The minimum Gasteiger partial charge on any atom is -0.493 e. The Morgan fingerprint density at radius 2 is 2.08 bits per heavy atom. The lowest BCUT2D eigenvalue weighted by Gasteiger charge is -2.20. The van der Waals surface area contributed by atoms with Gasteiger partial charge in [-0.25, -0.2) is 0 Å². The van der Waals surface area contributed by atoms with Crippen LogP contribution < -0.4 is 9.47 Å². The number of carbonyl (C=O) groups excluding carboxylic acids is 1. The molecule has 0 fully saturated rings. The van der Waals surface area contributed by atoms with Crippen LogP contribution in [0.25, 0.3) is 0 Å². The second-order valence-electron chi connectivity index (χ2n) is 4.97. The van der Waals surface area contributed by atoms with Crippen molar-refractivity contribution in [2.24, 2.45) is 0 Å². The van der Waals surface area contributed by atoms with Crippen LogP contribution in [0.3, 0.4) is 0 Å². The number of hydrogen-bond acceptors (Lipinski definition) is 5. The number of ether oxygens (including phenoxy) is 2. The number of aliphatic hydroxyl groups excluding tert-OH is 1. The standard InChI is InChI=1S/C17H20BrNO4S/c1-3-19(8-9-20)17(21)12-4-6-14(15(10-12)22-2)23-11-13-5-7-16(18)24-13/h4-7,10,20H,3,8-9,11H2,1-2H3. The smallest absolute Gasteiger partial charge is 0.254 e. The van der Waals surface area contributed by atoms with Crippen molar-refractivity contribution in [3.63, 3.8) is 0 Å². The first-order valence-corrected chi connectivity index (χ1v) is 9.15. The highest BCUT2D eigenvalue weighted by Gasteiger charge is 2.16. The van der Waals surface area contributed by atoms with Gasteiger partial charge in [0.15, 0.2) is 11.5 Å². The number of benzene rings is 1. The summed E-state index contributed by atoms with van der Waals surface area (Å²) in [5, 5.41) is 9.05. The molecule has 5 nitrogen and oxygen atoms in total. The number of hydrogen-bond donors (Lipinski definition) is 1. The van der Waals surface area contributed by atoms with Crippen LogP contribution in [0.5, 0.6) is 11.5 Å². The van der Waals surface area contributed by atoms with Gasteiger partial charge in [-0.15, -0.1) is 11.3 Å². The first-order valence-electron chi connectivity index (χ1n) is 7.54. The van der Waals surface area contributed by atoms with E-state index in [1.54, 1.807) is 41.5 Å². The van der Waals surface area contributed by atoms with Crippen molar-refractivity contribution in [2.75, 3.05) is 26.8 Å². The monoisotopic (exact) mass is 413 g/mol. The molecule has 0 atom stereocenters. The molecule has 0 saturated carbocycles. The van der Waals surface area contributed by atoms with Crippen LogP contribution in [0.2, 0.25) is 0 Å². The maximum Gasteiger partial charge on any atom is 0.254 e. The summed E-state index contributed by atoms with van der Waals surface area (Å²) >= 11 is 5.03. The molecule has 2 aromatic rings. The van der Waals surface area contributed by atoms with Crippen LogP contribution in [-0.4, -0.2) is 42.7 Å². The number of likely N-dealkylation sites (N-methyl/N-ethyl adjacent to an activating group) is 1. The average Bonchev–Trinajstić information content (AvgIpc) is 3.02. The number of aliphatic hydroxyl groups is 1. The normalized spacial score (nSPS) is 10.5. The third-order valence-electron chi connectivity index (χ3n) is 3.45. The predicted molar refractivity (Wildman–Crippen MR) is 98.0 cm³/mol. The van der Waals surface area contributed by atoms with Gasteiger partial charge in [0.05, 0.1) is 17.5 Å². The van der Waals surface area contributed by atoms with Gasteiger partial charge in [0, 0.05) is 23.5 Å². The number of halogens is 1. The predicted octanol–water partition coefficient (Wildman–Crippen LogP) is 3.55. The van der Waals surface area contributed by atoms with Crippen molar-refractivity contribution in [3.05, 3.63) is 44.6 Å². The van der Waals surface area contributed by atoms with Gasteiger partial charge in [-0.1, -0.05) is 0 Å². The van der Waals surface area contributed by atoms with E-state index in [4.69, 9.17) is 14.6 Å². The maximum absolute atomic E-state index is 12.4. The van der Waals surface area contributed by atoms with Gasteiger partial charge in [-0.2, -0.15) is 0 Å². The average molecular weight is 414 g/mol. The summed E-state index contributed by atoms with van der Waals surface area (Å²) in [6, 6.07) is 9.09. The van der Waals surface area contributed by atoms with Crippen LogP contribution in [0.4, 0.5) is 0 Å². The van der Waals surface area contributed by atoms with Crippen molar-refractivity contribution < 1.29 is 19.4 Å². The highest BCUT2D eigenvalue weighted by Crippen LogP contribution is 2.30. The molecular formula is C17H20BrNO4S. The van der Waals surface area contributed by atoms with E-state index in [0.29, 0.717) is 36.8 Å². The molecule has 2 rings (SSSR count). The summed E-state index contributed by atoms with van der Waals surface area (Å²) in [4.78, 5) is 15.1. The molecule has 0 radical (unpaired) electrons. The Labute approximate surface area is 153 Å². The number of amides is 1. The van der Waals surface area contributed by atoms with Crippen molar-refractivity contribution in [1.82, 2.24) is 4.90 Å². The highest BCUT2D eigenvalue weighted by atomic mass is 79.9. The van der Waals surface area contributed by atoms with Crippen LogP contribution in [0, 0.1) is 0 Å². The first-order chi connectivity index (χ1) is 11.6. The third-order valence-corrected chi connectivity index (χ3v) is 5.05. The molecular weight excluding hydrogens is 394 g/mol. The van der Waals surface area contributed by atoms with Crippen LogP contribution in [0.1, 0.15) is 22.2 Å². The van der Waals surface area contributed by atoms with E-state index in [2.05, 4.69) is 15.9 Å². The molecule has 1 N–H and O–H groups in total. The second kappa shape index (κ2) is 9.05. The fraction of sp³-hybridized carbons (Fsp3) is 0.353. The maximum atomic E-state index is 12.4. The van der Waals surface area contributed by atoms with E-state index in [9.17, 15) is 4.79 Å². The van der Waals surface area contributed by atoms with Gasteiger partial charge in [0.25, 0.3) is 5.91 Å². The fourth-order valence-electron chi connectivity index (χ4n) is 2.20. The lowest BCUT2D eigenvalue weighted by Crippen LogP contribution is -2.33. The highest BCUT2D eigenvalue weighted by molar-refractivity contribution is 9.11. The summed E-state index contributed by atoms with van der Waals surface area (Å²) < 4.78 is 12.2. The van der Waals surface area contributed by atoms with E-state index >= 15 is 0 Å². The molecule has 0 spiro atoms. The summed E-state index contributed by atoms with van der Waals surface area (Å²) in [6.07, 6.45) is 0. The van der Waals surface area contributed by atoms with E-state index in [0.717, 1.165) is 8.66 Å². The minimum absolute atomic E-state index is 0.0612. The van der Waals surface area contributed by atoms with E-state index < -0.39 is 0 Å². The Bertz CT molecular complexity index is 689. The van der Waals surface area contributed by atoms with E-state index in [1.165, 1.54) is 0 Å². The largest absolute Gasteiger partial charge is 0.493 e. The molecule has 0 aliphatic rings. The SMILES string of the molecule is CCN(CCO)C(=O)c1ccc(OCc2ccc(Br)s2)c(OC)c1. The van der Waals surface area contributed by atoms with Gasteiger partial charge in [-0.05, 0) is 53.2 Å². The van der Waals surface area contributed by atoms with Crippen LogP contribution >= 0.6 is 27.3 Å². The molecule has 1 heterocycles. The van der Waals surface area contributed by atoms with E-state index in [1.807, 2.05) is 19.1 Å². The zero-order valence-electron chi connectivity index (χ0n) is 13.6. The van der Waals surface area contributed by atoms with Crippen LogP contribution in [-0.2, 0) is 6.61 Å². The van der Waals surface area contributed by atoms with Crippen molar-refractivity contribution in [1.29, 1.82) is 0 Å². The van der Waals surface area contributed by atoms with Crippen molar-refractivity contribution in [3.8, 4) is 11.5 Å². The second-order valence-corrected chi connectivity index (χ2v) is 7.52. The topological polar surface area (TPSA) is 59.0 Å². The molecule has 1 aromatic heterocycles. The van der Waals surface area contributed by atoms with Gasteiger partial charge < -0.3 is 19.5 Å². The van der Waals surface area contributed by atoms with Gasteiger partial charge in [-0.3, -0.25) is 4.79 Å². The molecule has 0 aliphatic heterocycles.